The second kappa shape index (κ2) is 5.80. The molecule has 3 rings (SSSR count). The highest BCUT2D eigenvalue weighted by atomic mass is 32.2. The molecule has 2 heterocycles. The minimum Gasteiger partial charge on any atom is -0.359 e. The topological polar surface area (TPSA) is 42.2 Å². The molecule has 0 bridgehead atoms. The smallest absolute Gasteiger partial charge is 0.157 e. The van der Waals surface area contributed by atoms with Crippen molar-refractivity contribution in [1.29, 1.82) is 0 Å². The first-order chi connectivity index (χ1) is 9.65. The zero-order valence-electron chi connectivity index (χ0n) is 12.4. The Hall–Kier alpha value is -0.970. The third-order valence-electron chi connectivity index (χ3n) is 4.30. The summed E-state index contributed by atoms with van der Waals surface area (Å²) in [6, 6.07) is 2.22. The summed E-state index contributed by atoms with van der Waals surface area (Å²) >= 11 is 1.90. The van der Waals surface area contributed by atoms with Crippen LogP contribution in [0.5, 0.6) is 0 Å². The number of nitrogens with zero attached hydrogens (tertiary/aromatic N) is 3. The van der Waals surface area contributed by atoms with E-state index in [2.05, 4.69) is 24.3 Å². The van der Waals surface area contributed by atoms with Crippen LogP contribution in [0.1, 0.15) is 39.5 Å². The van der Waals surface area contributed by atoms with E-state index in [0.717, 1.165) is 17.6 Å². The lowest BCUT2D eigenvalue weighted by molar-refractivity contribution is 0.242. The SMILES string of the molecule is CC1CCCC2(CSC(=NC(C)Cn3cccn3)N2)C1. The number of thioether (sulfide) groups is 1. The Morgan fingerprint density at radius 3 is 3.30 bits per heavy atom. The molecule has 0 amide bonds. The number of amidine groups is 1. The molecule has 3 unspecified atom stereocenters. The van der Waals surface area contributed by atoms with Crippen molar-refractivity contribution < 1.29 is 0 Å². The standard InChI is InChI=1S/C15H24N4S/c1-12-5-3-6-15(9-12)11-20-14(18-15)17-13(2)10-19-8-4-7-16-19/h4,7-8,12-13H,3,5-6,9-11H2,1-2H3,(H,17,18). The molecule has 0 radical (unpaired) electrons. The van der Waals surface area contributed by atoms with Crippen LogP contribution < -0.4 is 5.32 Å². The van der Waals surface area contributed by atoms with Crippen LogP contribution in [0.25, 0.3) is 0 Å². The van der Waals surface area contributed by atoms with Crippen molar-refractivity contribution in [3.63, 3.8) is 0 Å². The Morgan fingerprint density at radius 1 is 1.65 bits per heavy atom. The van der Waals surface area contributed by atoms with Gasteiger partial charge in [-0.2, -0.15) is 5.10 Å². The van der Waals surface area contributed by atoms with E-state index in [0.29, 0.717) is 5.54 Å². The van der Waals surface area contributed by atoms with Crippen LogP contribution in [0.3, 0.4) is 0 Å². The lowest BCUT2D eigenvalue weighted by Crippen LogP contribution is -2.47. The lowest BCUT2D eigenvalue weighted by Gasteiger charge is -2.36. The number of aromatic nitrogens is 2. The van der Waals surface area contributed by atoms with E-state index in [1.165, 1.54) is 31.4 Å². The minimum absolute atomic E-state index is 0.265. The van der Waals surface area contributed by atoms with Gasteiger partial charge in [-0.15, -0.1) is 0 Å². The van der Waals surface area contributed by atoms with Gasteiger partial charge in [-0.3, -0.25) is 9.67 Å². The summed E-state index contributed by atoms with van der Waals surface area (Å²) in [7, 11) is 0. The van der Waals surface area contributed by atoms with Crippen LogP contribution in [0.2, 0.25) is 0 Å². The molecule has 20 heavy (non-hydrogen) atoms. The number of nitrogens with one attached hydrogen (secondary N) is 1. The van der Waals surface area contributed by atoms with Gasteiger partial charge in [-0.25, -0.2) is 0 Å². The third kappa shape index (κ3) is 3.19. The fourth-order valence-electron chi connectivity index (χ4n) is 3.40. The average molecular weight is 292 g/mol. The molecule has 2 fully saturated rings. The highest BCUT2D eigenvalue weighted by molar-refractivity contribution is 8.14. The number of aliphatic imine (C=N–C) groups is 1. The highest BCUT2D eigenvalue weighted by Crippen LogP contribution is 2.38. The van der Waals surface area contributed by atoms with Gasteiger partial charge in [0.05, 0.1) is 12.6 Å². The monoisotopic (exact) mass is 292 g/mol. The van der Waals surface area contributed by atoms with Gasteiger partial charge in [0.1, 0.15) is 0 Å². The normalized spacial score (nSPS) is 33.5. The van der Waals surface area contributed by atoms with Crippen LogP contribution >= 0.6 is 11.8 Å². The molecule has 1 N–H and O–H groups in total. The molecule has 5 heteroatoms. The van der Waals surface area contributed by atoms with Crippen LogP contribution in [0.4, 0.5) is 0 Å². The predicted octanol–water partition coefficient (Wildman–Crippen LogP) is 2.91. The Kier molecular flexibility index (Phi) is 4.06. The number of rotatable bonds is 3. The van der Waals surface area contributed by atoms with E-state index in [4.69, 9.17) is 4.99 Å². The molecule has 1 saturated carbocycles. The molecule has 1 aromatic rings. The van der Waals surface area contributed by atoms with Crippen molar-refractivity contribution in [1.82, 2.24) is 15.1 Å². The zero-order valence-corrected chi connectivity index (χ0v) is 13.2. The van der Waals surface area contributed by atoms with Crippen LogP contribution in [-0.2, 0) is 6.54 Å². The van der Waals surface area contributed by atoms with E-state index in [-0.39, 0.29) is 6.04 Å². The second-order valence-electron chi connectivity index (χ2n) is 6.41. The van der Waals surface area contributed by atoms with Gasteiger partial charge >= 0.3 is 0 Å². The van der Waals surface area contributed by atoms with Crippen molar-refractivity contribution in [3.05, 3.63) is 18.5 Å². The maximum atomic E-state index is 4.83. The average Bonchev–Trinajstić information content (AvgIpc) is 3.00. The summed E-state index contributed by atoms with van der Waals surface area (Å²) in [6.45, 7) is 5.39. The van der Waals surface area contributed by atoms with E-state index < -0.39 is 0 Å². The quantitative estimate of drug-likeness (QED) is 0.931. The van der Waals surface area contributed by atoms with E-state index in [1.54, 1.807) is 0 Å². The summed E-state index contributed by atoms with van der Waals surface area (Å²) in [5.41, 5.74) is 0.326. The summed E-state index contributed by atoms with van der Waals surface area (Å²) in [4.78, 5) is 4.83. The Balaban J connectivity index is 1.60. The molecule has 1 aromatic heterocycles. The van der Waals surface area contributed by atoms with Crippen molar-refractivity contribution >= 4 is 16.9 Å². The molecule has 110 valence electrons. The Morgan fingerprint density at radius 2 is 2.55 bits per heavy atom. The maximum Gasteiger partial charge on any atom is 0.157 e. The van der Waals surface area contributed by atoms with Gasteiger partial charge in [0, 0.05) is 23.7 Å². The van der Waals surface area contributed by atoms with Gasteiger partial charge < -0.3 is 5.32 Å². The summed E-state index contributed by atoms with van der Waals surface area (Å²) in [6.07, 6.45) is 9.15. The first kappa shape index (κ1) is 14.0. The molecule has 0 aromatic carbocycles. The van der Waals surface area contributed by atoms with Gasteiger partial charge in [-0.05, 0) is 31.7 Å². The molecule has 1 aliphatic heterocycles. The summed E-state index contributed by atoms with van der Waals surface area (Å²) < 4.78 is 1.95. The van der Waals surface area contributed by atoms with Gasteiger partial charge in [-0.1, -0.05) is 31.5 Å². The fourth-order valence-corrected chi connectivity index (χ4v) is 4.69. The van der Waals surface area contributed by atoms with Crippen LogP contribution in [0, 0.1) is 5.92 Å². The largest absolute Gasteiger partial charge is 0.359 e. The van der Waals surface area contributed by atoms with Crippen molar-refractivity contribution in [2.75, 3.05) is 5.75 Å². The molecular weight excluding hydrogens is 268 g/mol. The fraction of sp³-hybridized carbons (Fsp3) is 0.733. The Labute approximate surface area is 125 Å². The molecule has 1 aliphatic carbocycles. The first-order valence-electron chi connectivity index (χ1n) is 7.61. The second-order valence-corrected chi connectivity index (χ2v) is 7.37. The number of hydrogen-bond acceptors (Lipinski definition) is 3. The minimum atomic E-state index is 0.265. The van der Waals surface area contributed by atoms with Gasteiger partial charge in [0.15, 0.2) is 5.17 Å². The molecular formula is C15H24N4S. The Bertz CT molecular complexity index is 470. The van der Waals surface area contributed by atoms with Crippen molar-refractivity contribution in [3.8, 4) is 0 Å². The van der Waals surface area contributed by atoms with Crippen molar-refractivity contribution in [2.45, 2.75) is 57.7 Å². The summed E-state index contributed by atoms with van der Waals surface area (Å²) in [5.74, 6) is 2.03. The van der Waals surface area contributed by atoms with Crippen LogP contribution in [0.15, 0.2) is 23.5 Å². The molecule has 1 saturated heterocycles. The molecule has 2 aliphatic rings. The van der Waals surface area contributed by atoms with Gasteiger partial charge in [0.2, 0.25) is 0 Å². The zero-order chi connectivity index (χ0) is 14.0. The lowest BCUT2D eigenvalue weighted by atomic mass is 9.78. The van der Waals surface area contributed by atoms with Crippen molar-refractivity contribution in [2.24, 2.45) is 10.9 Å². The third-order valence-corrected chi connectivity index (χ3v) is 5.47. The maximum absolute atomic E-state index is 4.83. The van der Waals surface area contributed by atoms with E-state index in [9.17, 15) is 0 Å². The molecule has 4 nitrogen and oxygen atoms in total. The van der Waals surface area contributed by atoms with E-state index >= 15 is 0 Å². The van der Waals surface area contributed by atoms with Gasteiger partial charge in [0.25, 0.3) is 0 Å². The van der Waals surface area contributed by atoms with E-state index in [1.807, 2.05) is 34.9 Å². The highest BCUT2D eigenvalue weighted by Gasteiger charge is 2.40. The van der Waals surface area contributed by atoms with Crippen LogP contribution in [-0.4, -0.2) is 32.3 Å². The number of hydrogen-bond donors (Lipinski definition) is 1. The molecule has 3 atom stereocenters. The molecule has 1 spiro atoms. The first-order valence-corrected chi connectivity index (χ1v) is 8.60. The predicted molar refractivity (Wildman–Crippen MR) is 85.1 cm³/mol. The summed E-state index contributed by atoms with van der Waals surface area (Å²) in [5, 5.41) is 9.11.